The van der Waals surface area contributed by atoms with Gasteiger partial charge in [-0.1, -0.05) is 13.8 Å². The normalized spacial score (nSPS) is 13.3. The van der Waals surface area contributed by atoms with Crippen molar-refractivity contribution >= 4 is 5.91 Å². The molecular weight excluding hydrogens is 254 g/mol. The van der Waals surface area contributed by atoms with Crippen LogP contribution in [0.4, 0.5) is 0 Å². The molecule has 1 rings (SSSR count). The lowest BCUT2D eigenvalue weighted by Crippen LogP contribution is -2.36. The highest BCUT2D eigenvalue weighted by Gasteiger charge is 2.21. The summed E-state index contributed by atoms with van der Waals surface area (Å²) in [5.41, 5.74) is 2.82. The molecule has 1 unspecified atom stereocenters. The van der Waals surface area contributed by atoms with Crippen LogP contribution < -0.4 is 5.32 Å². The van der Waals surface area contributed by atoms with Gasteiger partial charge in [-0.2, -0.15) is 5.10 Å². The number of hydrogen-bond acceptors (Lipinski definition) is 3. The lowest BCUT2D eigenvalue weighted by atomic mass is 9.87. The number of nitrogens with zero attached hydrogens (tertiary/aromatic N) is 2. The number of nitrogens with one attached hydrogen (secondary N) is 1. The molecule has 1 aromatic heterocycles. The van der Waals surface area contributed by atoms with E-state index in [2.05, 4.69) is 10.4 Å². The average Bonchev–Trinajstić information content (AvgIpc) is 2.52. The first-order chi connectivity index (χ1) is 9.12. The minimum Gasteiger partial charge on any atom is -0.393 e. The van der Waals surface area contributed by atoms with Gasteiger partial charge < -0.3 is 10.4 Å². The summed E-state index contributed by atoms with van der Waals surface area (Å²) in [5.74, 6) is 0.00266. The molecule has 1 aromatic rings. The molecule has 1 amide bonds. The van der Waals surface area contributed by atoms with Gasteiger partial charge in [0.1, 0.15) is 0 Å². The van der Waals surface area contributed by atoms with E-state index in [9.17, 15) is 9.90 Å². The maximum Gasteiger partial charge on any atom is 0.224 e. The number of rotatable bonds is 6. The van der Waals surface area contributed by atoms with Crippen LogP contribution >= 0.6 is 0 Å². The maximum atomic E-state index is 12.0. The molecule has 0 aliphatic heterocycles. The van der Waals surface area contributed by atoms with E-state index in [1.54, 1.807) is 11.6 Å². The predicted octanol–water partition coefficient (Wildman–Crippen LogP) is 1.49. The summed E-state index contributed by atoms with van der Waals surface area (Å²) in [6.45, 7) is 10.3. The summed E-state index contributed by atoms with van der Waals surface area (Å²) in [6.07, 6.45) is 0.666. The molecule has 0 aromatic carbocycles. The SMILES string of the molecule is Cc1nn(C)c(C)c1CC(=O)NCC(C)(C)CC(C)O. The molecule has 0 radical (unpaired) electrons. The van der Waals surface area contributed by atoms with E-state index in [1.807, 2.05) is 34.7 Å². The van der Waals surface area contributed by atoms with Crippen molar-refractivity contribution in [3.8, 4) is 0 Å². The molecule has 0 bridgehead atoms. The summed E-state index contributed by atoms with van der Waals surface area (Å²) in [4.78, 5) is 12.0. The van der Waals surface area contributed by atoms with Gasteiger partial charge in [0.25, 0.3) is 0 Å². The monoisotopic (exact) mass is 281 g/mol. The second-order valence-corrected chi connectivity index (χ2v) is 6.44. The van der Waals surface area contributed by atoms with Gasteiger partial charge in [-0.15, -0.1) is 0 Å². The Labute approximate surface area is 121 Å². The van der Waals surface area contributed by atoms with Crippen LogP contribution in [0, 0.1) is 19.3 Å². The molecule has 1 heterocycles. The Morgan fingerprint density at radius 2 is 2.05 bits per heavy atom. The van der Waals surface area contributed by atoms with Crippen LogP contribution in [-0.4, -0.2) is 33.4 Å². The molecule has 5 nitrogen and oxygen atoms in total. The fraction of sp³-hybridized carbons (Fsp3) is 0.733. The molecular formula is C15H27N3O2. The number of hydrogen-bond donors (Lipinski definition) is 2. The fourth-order valence-electron chi connectivity index (χ4n) is 2.51. The van der Waals surface area contributed by atoms with E-state index < -0.39 is 0 Å². The molecule has 0 saturated carbocycles. The van der Waals surface area contributed by atoms with E-state index >= 15 is 0 Å². The molecule has 2 N–H and O–H groups in total. The van der Waals surface area contributed by atoms with Crippen molar-refractivity contribution < 1.29 is 9.90 Å². The largest absolute Gasteiger partial charge is 0.393 e. The second-order valence-electron chi connectivity index (χ2n) is 6.44. The molecule has 114 valence electrons. The van der Waals surface area contributed by atoms with Crippen LogP contribution in [0.2, 0.25) is 0 Å². The Kier molecular flexibility index (Phi) is 5.34. The zero-order chi connectivity index (χ0) is 15.5. The van der Waals surface area contributed by atoms with E-state index in [-0.39, 0.29) is 17.4 Å². The summed E-state index contributed by atoms with van der Waals surface area (Å²) in [5, 5.41) is 16.7. The summed E-state index contributed by atoms with van der Waals surface area (Å²) < 4.78 is 1.80. The number of aliphatic hydroxyl groups is 1. The van der Waals surface area contributed by atoms with Crippen molar-refractivity contribution in [2.75, 3.05) is 6.54 Å². The van der Waals surface area contributed by atoms with E-state index in [0.717, 1.165) is 17.0 Å². The number of amides is 1. The number of carbonyl (C=O) groups is 1. The standard InChI is InChI=1S/C15H27N3O2/c1-10(19)8-15(4,5)9-16-14(20)7-13-11(2)17-18(6)12(13)3/h10,19H,7-9H2,1-6H3,(H,16,20). The Hall–Kier alpha value is -1.36. The highest BCUT2D eigenvalue weighted by molar-refractivity contribution is 5.79. The second kappa shape index (κ2) is 6.39. The van der Waals surface area contributed by atoms with Crippen LogP contribution in [0.3, 0.4) is 0 Å². The average molecular weight is 281 g/mol. The van der Waals surface area contributed by atoms with Gasteiger partial charge in [-0.05, 0) is 32.6 Å². The van der Waals surface area contributed by atoms with Crippen molar-refractivity contribution in [2.45, 2.75) is 53.6 Å². The van der Waals surface area contributed by atoms with Crippen molar-refractivity contribution in [1.82, 2.24) is 15.1 Å². The van der Waals surface area contributed by atoms with Crippen LogP contribution in [0.1, 0.15) is 44.1 Å². The summed E-state index contributed by atoms with van der Waals surface area (Å²) in [6, 6.07) is 0. The third-order valence-corrected chi connectivity index (χ3v) is 3.61. The van der Waals surface area contributed by atoms with Crippen molar-refractivity contribution in [3.63, 3.8) is 0 Å². The molecule has 0 fully saturated rings. The molecule has 0 aliphatic rings. The highest BCUT2D eigenvalue weighted by Crippen LogP contribution is 2.21. The number of aliphatic hydroxyl groups excluding tert-OH is 1. The highest BCUT2D eigenvalue weighted by atomic mass is 16.3. The van der Waals surface area contributed by atoms with Gasteiger partial charge >= 0.3 is 0 Å². The smallest absolute Gasteiger partial charge is 0.224 e. The van der Waals surface area contributed by atoms with Gasteiger partial charge in [0.05, 0.1) is 18.2 Å². The van der Waals surface area contributed by atoms with E-state index in [1.165, 1.54) is 0 Å². The first-order valence-corrected chi connectivity index (χ1v) is 7.06. The lowest BCUT2D eigenvalue weighted by Gasteiger charge is -2.26. The Morgan fingerprint density at radius 3 is 2.50 bits per heavy atom. The Balaban J connectivity index is 2.56. The first kappa shape index (κ1) is 16.7. The van der Waals surface area contributed by atoms with Crippen LogP contribution in [0.25, 0.3) is 0 Å². The zero-order valence-electron chi connectivity index (χ0n) is 13.4. The Bertz CT molecular complexity index is 476. The van der Waals surface area contributed by atoms with E-state index in [0.29, 0.717) is 19.4 Å². The minimum atomic E-state index is -0.357. The lowest BCUT2D eigenvalue weighted by molar-refractivity contribution is -0.121. The molecule has 0 aliphatic carbocycles. The van der Waals surface area contributed by atoms with Crippen molar-refractivity contribution in [3.05, 3.63) is 17.0 Å². The molecule has 1 atom stereocenters. The fourth-order valence-corrected chi connectivity index (χ4v) is 2.51. The quantitative estimate of drug-likeness (QED) is 0.830. The van der Waals surface area contributed by atoms with Gasteiger partial charge in [0, 0.05) is 24.8 Å². The van der Waals surface area contributed by atoms with Gasteiger partial charge in [-0.3, -0.25) is 9.48 Å². The predicted molar refractivity (Wildman–Crippen MR) is 79.5 cm³/mol. The summed E-state index contributed by atoms with van der Waals surface area (Å²) >= 11 is 0. The topological polar surface area (TPSA) is 67.2 Å². The van der Waals surface area contributed by atoms with Crippen molar-refractivity contribution in [2.24, 2.45) is 12.5 Å². The van der Waals surface area contributed by atoms with Crippen LogP contribution in [0.15, 0.2) is 0 Å². The van der Waals surface area contributed by atoms with Crippen LogP contribution in [0.5, 0.6) is 0 Å². The number of aromatic nitrogens is 2. The molecule has 5 heteroatoms. The third kappa shape index (κ3) is 4.63. The number of aryl methyl sites for hydroxylation is 2. The molecule has 0 saturated heterocycles. The van der Waals surface area contributed by atoms with Crippen LogP contribution in [-0.2, 0) is 18.3 Å². The number of carbonyl (C=O) groups excluding carboxylic acids is 1. The Morgan fingerprint density at radius 1 is 1.45 bits per heavy atom. The zero-order valence-corrected chi connectivity index (χ0v) is 13.4. The summed E-state index contributed by atoms with van der Waals surface area (Å²) in [7, 11) is 1.88. The maximum absolute atomic E-state index is 12.0. The first-order valence-electron chi connectivity index (χ1n) is 7.06. The third-order valence-electron chi connectivity index (χ3n) is 3.61. The van der Waals surface area contributed by atoms with Gasteiger partial charge in [0.2, 0.25) is 5.91 Å². The molecule has 0 spiro atoms. The molecule has 20 heavy (non-hydrogen) atoms. The minimum absolute atomic E-state index is 0.00266. The van der Waals surface area contributed by atoms with Crippen molar-refractivity contribution in [1.29, 1.82) is 0 Å². The van der Waals surface area contributed by atoms with Gasteiger partial charge in [0.15, 0.2) is 0 Å². The van der Waals surface area contributed by atoms with Gasteiger partial charge in [-0.25, -0.2) is 0 Å². The van der Waals surface area contributed by atoms with E-state index in [4.69, 9.17) is 0 Å².